The smallest absolute Gasteiger partial charge is 0.341 e. The molecule has 0 fully saturated rings. The summed E-state index contributed by atoms with van der Waals surface area (Å²) in [4.78, 5) is 14.0. The molecule has 0 unspecified atom stereocenters. The van der Waals surface area contributed by atoms with Crippen molar-refractivity contribution < 1.29 is 9.90 Å². The number of hydrogen-bond acceptors (Lipinski definition) is 4. The van der Waals surface area contributed by atoms with Gasteiger partial charge in [0, 0.05) is 6.20 Å². The van der Waals surface area contributed by atoms with Gasteiger partial charge in [-0.15, -0.1) is 0 Å². The van der Waals surface area contributed by atoms with E-state index < -0.39 is 5.97 Å². The number of aromatic carboxylic acids is 1. The quantitative estimate of drug-likeness (QED) is 0.524. The highest BCUT2D eigenvalue weighted by Crippen LogP contribution is 2.15. The van der Waals surface area contributed by atoms with Crippen LogP contribution in [0.25, 0.3) is 0 Å². The maximum Gasteiger partial charge on any atom is 0.341 e. The number of nitrogens with two attached hydrogens (primary N) is 2. The molecule has 0 spiro atoms. The Labute approximate surface area is 62.7 Å². The molecule has 0 saturated heterocycles. The van der Waals surface area contributed by atoms with Crippen LogP contribution in [-0.4, -0.2) is 16.1 Å². The Bertz CT molecular complexity index is 278. The third kappa shape index (κ3) is 1.21. The van der Waals surface area contributed by atoms with Gasteiger partial charge in [-0.2, -0.15) is 0 Å². The fraction of sp³-hybridized carbons (Fsp3) is 0. The highest BCUT2D eigenvalue weighted by molar-refractivity contribution is 5.98. The molecule has 1 heterocycles. The first kappa shape index (κ1) is 7.33. The topological polar surface area (TPSA) is 102 Å². The van der Waals surface area contributed by atoms with Crippen molar-refractivity contribution >= 4 is 17.5 Å². The van der Waals surface area contributed by atoms with E-state index in [2.05, 4.69) is 4.98 Å². The lowest BCUT2D eigenvalue weighted by Crippen LogP contribution is -2.07. The number of aromatic nitrogens is 1. The molecule has 0 aliphatic carbocycles. The fourth-order valence-electron chi connectivity index (χ4n) is 0.727. The van der Waals surface area contributed by atoms with Crippen LogP contribution < -0.4 is 11.5 Å². The van der Waals surface area contributed by atoms with Gasteiger partial charge in [-0.3, -0.25) is 0 Å². The van der Waals surface area contributed by atoms with Crippen molar-refractivity contribution in [3.05, 3.63) is 17.8 Å². The normalized spacial score (nSPS) is 9.45. The van der Waals surface area contributed by atoms with E-state index in [1.165, 1.54) is 12.3 Å². The summed E-state index contributed by atoms with van der Waals surface area (Å²) in [5, 5.41) is 8.55. The zero-order valence-corrected chi connectivity index (χ0v) is 5.61. The van der Waals surface area contributed by atoms with Crippen molar-refractivity contribution in [3.8, 4) is 0 Å². The molecule has 11 heavy (non-hydrogen) atoms. The number of rotatable bonds is 1. The Balaban J connectivity index is 3.32. The Hall–Kier alpha value is -1.78. The third-order valence-corrected chi connectivity index (χ3v) is 1.23. The number of hydrogen-bond donors (Lipinski definition) is 3. The Morgan fingerprint density at radius 3 is 2.55 bits per heavy atom. The average molecular weight is 153 g/mol. The average Bonchev–Trinajstić information content (AvgIpc) is 1.85. The van der Waals surface area contributed by atoms with Crippen LogP contribution in [0.5, 0.6) is 0 Å². The van der Waals surface area contributed by atoms with Crippen LogP contribution >= 0.6 is 0 Å². The van der Waals surface area contributed by atoms with Gasteiger partial charge in [-0.1, -0.05) is 0 Å². The predicted octanol–water partition coefficient (Wildman–Crippen LogP) is -0.0558. The Morgan fingerprint density at radius 2 is 2.18 bits per heavy atom. The van der Waals surface area contributed by atoms with Crippen LogP contribution in [0, 0.1) is 0 Å². The number of carboxylic acids is 1. The number of pyridine rings is 1. The number of nitrogens with zero attached hydrogens (tertiary/aromatic N) is 1. The summed E-state index contributed by atoms with van der Waals surface area (Å²) in [6.45, 7) is 0. The molecule has 58 valence electrons. The first-order valence-corrected chi connectivity index (χ1v) is 2.86. The summed E-state index contributed by atoms with van der Waals surface area (Å²) < 4.78 is 0. The standard InChI is InChI=1S/C6H7N3O2/c7-3-1-2-9-5(8)4(3)6(10)11/h1-2H,(H,10,11)(H4,7,8,9). The second-order valence-electron chi connectivity index (χ2n) is 1.97. The molecule has 0 radical (unpaired) electrons. The molecule has 0 aromatic carbocycles. The summed E-state index contributed by atoms with van der Waals surface area (Å²) in [6.07, 6.45) is 1.36. The van der Waals surface area contributed by atoms with E-state index >= 15 is 0 Å². The van der Waals surface area contributed by atoms with Crippen molar-refractivity contribution in [2.45, 2.75) is 0 Å². The molecule has 5 nitrogen and oxygen atoms in total. The highest BCUT2D eigenvalue weighted by atomic mass is 16.4. The minimum atomic E-state index is -1.16. The summed E-state index contributed by atoms with van der Waals surface area (Å²) >= 11 is 0. The van der Waals surface area contributed by atoms with Crippen molar-refractivity contribution in [2.75, 3.05) is 11.5 Å². The van der Waals surface area contributed by atoms with Gasteiger partial charge in [0.15, 0.2) is 0 Å². The van der Waals surface area contributed by atoms with E-state index in [0.717, 1.165) is 0 Å². The molecule has 1 rings (SSSR count). The molecule has 0 amide bonds. The molecule has 0 aliphatic heterocycles. The molecule has 5 heteroatoms. The third-order valence-electron chi connectivity index (χ3n) is 1.23. The molecular formula is C6H7N3O2. The molecule has 1 aromatic heterocycles. The number of anilines is 2. The minimum Gasteiger partial charge on any atom is -0.477 e. The van der Waals surface area contributed by atoms with Gasteiger partial charge >= 0.3 is 5.97 Å². The largest absolute Gasteiger partial charge is 0.477 e. The summed E-state index contributed by atoms with van der Waals surface area (Å²) in [6, 6.07) is 1.39. The van der Waals surface area contributed by atoms with Gasteiger partial charge in [0.1, 0.15) is 11.4 Å². The number of nitrogen functional groups attached to an aromatic ring is 2. The van der Waals surface area contributed by atoms with E-state index in [-0.39, 0.29) is 17.1 Å². The highest BCUT2D eigenvalue weighted by Gasteiger charge is 2.11. The molecule has 0 saturated carbocycles. The molecule has 0 aliphatic rings. The maximum absolute atomic E-state index is 10.4. The Morgan fingerprint density at radius 1 is 1.55 bits per heavy atom. The van der Waals surface area contributed by atoms with Crippen molar-refractivity contribution in [1.29, 1.82) is 0 Å². The van der Waals surface area contributed by atoms with Crippen molar-refractivity contribution in [1.82, 2.24) is 4.98 Å². The summed E-state index contributed by atoms with van der Waals surface area (Å²) in [7, 11) is 0. The van der Waals surface area contributed by atoms with Crippen LogP contribution in [0.15, 0.2) is 12.3 Å². The Kier molecular flexibility index (Phi) is 1.63. The SMILES string of the molecule is Nc1ccnc(N)c1C(=O)O. The zero-order valence-electron chi connectivity index (χ0n) is 5.61. The minimum absolute atomic E-state index is 0.0579. The number of carboxylic acid groups (broad SMARTS) is 1. The lowest BCUT2D eigenvalue weighted by Gasteiger charge is -2.01. The van der Waals surface area contributed by atoms with E-state index in [0.29, 0.717) is 0 Å². The molecule has 1 aromatic rings. The van der Waals surface area contributed by atoms with Gasteiger partial charge in [-0.05, 0) is 6.07 Å². The van der Waals surface area contributed by atoms with Crippen LogP contribution in [-0.2, 0) is 0 Å². The van der Waals surface area contributed by atoms with E-state index in [9.17, 15) is 4.79 Å². The van der Waals surface area contributed by atoms with Gasteiger partial charge in [0.2, 0.25) is 0 Å². The van der Waals surface area contributed by atoms with Gasteiger partial charge in [-0.25, -0.2) is 9.78 Å². The van der Waals surface area contributed by atoms with Crippen LogP contribution in [0.4, 0.5) is 11.5 Å². The van der Waals surface area contributed by atoms with Gasteiger partial charge in [0.25, 0.3) is 0 Å². The molecular weight excluding hydrogens is 146 g/mol. The zero-order chi connectivity index (χ0) is 8.43. The molecule has 5 N–H and O–H groups in total. The lowest BCUT2D eigenvalue weighted by atomic mass is 10.2. The molecule has 0 atom stereocenters. The second-order valence-corrected chi connectivity index (χ2v) is 1.97. The van der Waals surface area contributed by atoms with Crippen LogP contribution in [0.3, 0.4) is 0 Å². The fourth-order valence-corrected chi connectivity index (χ4v) is 0.727. The monoisotopic (exact) mass is 153 g/mol. The van der Waals surface area contributed by atoms with Crippen LogP contribution in [0.1, 0.15) is 10.4 Å². The van der Waals surface area contributed by atoms with Crippen molar-refractivity contribution in [3.63, 3.8) is 0 Å². The second kappa shape index (κ2) is 2.45. The number of carbonyl (C=O) groups is 1. The van der Waals surface area contributed by atoms with Crippen LogP contribution in [0.2, 0.25) is 0 Å². The van der Waals surface area contributed by atoms with E-state index in [4.69, 9.17) is 16.6 Å². The summed E-state index contributed by atoms with van der Waals surface area (Å²) in [5.41, 5.74) is 10.6. The summed E-state index contributed by atoms with van der Waals surface area (Å²) in [5.74, 6) is -1.22. The first-order valence-electron chi connectivity index (χ1n) is 2.86. The lowest BCUT2D eigenvalue weighted by molar-refractivity contribution is 0.0699. The first-order chi connectivity index (χ1) is 5.13. The predicted molar refractivity (Wildman–Crippen MR) is 40.0 cm³/mol. The van der Waals surface area contributed by atoms with E-state index in [1.807, 2.05) is 0 Å². The maximum atomic E-state index is 10.4. The van der Waals surface area contributed by atoms with Crippen molar-refractivity contribution in [2.24, 2.45) is 0 Å². The molecule has 0 bridgehead atoms. The van der Waals surface area contributed by atoms with Gasteiger partial charge < -0.3 is 16.6 Å². The van der Waals surface area contributed by atoms with E-state index in [1.54, 1.807) is 0 Å². The van der Waals surface area contributed by atoms with Gasteiger partial charge in [0.05, 0.1) is 5.69 Å².